The molecule has 0 bridgehead atoms. The summed E-state index contributed by atoms with van der Waals surface area (Å²) in [5.41, 5.74) is 0.343. The number of rotatable bonds is 4. The van der Waals surface area contributed by atoms with E-state index in [9.17, 15) is 4.79 Å². The van der Waals surface area contributed by atoms with Crippen LogP contribution < -0.4 is 9.47 Å². The fourth-order valence-electron chi connectivity index (χ4n) is 2.77. The number of aliphatic imine (C=N–C) groups is 1. The number of methoxy groups -OCH3 is 2. The number of hydrogen-bond acceptors (Lipinski definition) is 4. The highest BCUT2D eigenvalue weighted by atomic mass is 79.9. The lowest BCUT2D eigenvalue weighted by molar-refractivity contribution is 0.369. The number of nitrogens with zero attached hydrogens (tertiary/aromatic N) is 1. The first-order chi connectivity index (χ1) is 9.18. The molecule has 0 radical (unpaired) electrons. The van der Waals surface area contributed by atoms with Crippen molar-refractivity contribution in [1.29, 1.82) is 0 Å². The summed E-state index contributed by atoms with van der Waals surface area (Å²) in [6.45, 7) is 0. The van der Waals surface area contributed by atoms with Gasteiger partial charge in [0.05, 0.1) is 18.7 Å². The molecular weight excluding hydrogens is 310 g/mol. The van der Waals surface area contributed by atoms with Crippen molar-refractivity contribution in [3.8, 4) is 11.5 Å². The SMILES string of the molecule is COc1ccc(OC)c(C2(N=C=O)CCCC2)c1Br. The van der Waals surface area contributed by atoms with Crippen LogP contribution in [-0.2, 0) is 10.3 Å². The van der Waals surface area contributed by atoms with Gasteiger partial charge in [-0.15, -0.1) is 0 Å². The molecule has 1 saturated carbocycles. The molecule has 0 aliphatic heterocycles. The number of halogens is 1. The van der Waals surface area contributed by atoms with Gasteiger partial charge in [-0.05, 0) is 40.9 Å². The highest BCUT2D eigenvalue weighted by molar-refractivity contribution is 9.10. The Bertz CT molecular complexity index is 518. The van der Waals surface area contributed by atoms with Crippen molar-refractivity contribution in [2.45, 2.75) is 31.2 Å². The van der Waals surface area contributed by atoms with Gasteiger partial charge in [-0.2, -0.15) is 4.99 Å². The zero-order valence-corrected chi connectivity index (χ0v) is 12.6. The number of ether oxygens (including phenoxy) is 2. The summed E-state index contributed by atoms with van der Waals surface area (Å²) in [7, 11) is 3.23. The van der Waals surface area contributed by atoms with Crippen molar-refractivity contribution >= 4 is 22.0 Å². The van der Waals surface area contributed by atoms with E-state index in [0.29, 0.717) is 11.5 Å². The van der Waals surface area contributed by atoms with Gasteiger partial charge in [-0.25, -0.2) is 4.79 Å². The lowest BCUT2D eigenvalue weighted by Crippen LogP contribution is -2.21. The summed E-state index contributed by atoms with van der Waals surface area (Å²) in [5, 5.41) is 0. The Kier molecular flexibility index (Phi) is 4.27. The molecule has 4 nitrogen and oxygen atoms in total. The molecule has 1 aliphatic rings. The maximum absolute atomic E-state index is 10.8. The van der Waals surface area contributed by atoms with E-state index in [0.717, 1.165) is 35.7 Å². The number of carbonyl (C=O) groups excluding carboxylic acids is 1. The van der Waals surface area contributed by atoms with E-state index >= 15 is 0 Å². The van der Waals surface area contributed by atoms with Crippen LogP contribution in [-0.4, -0.2) is 20.3 Å². The molecule has 1 fully saturated rings. The minimum absolute atomic E-state index is 0.541. The molecule has 2 rings (SSSR count). The summed E-state index contributed by atoms with van der Waals surface area (Å²) in [6, 6.07) is 3.68. The lowest BCUT2D eigenvalue weighted by Gasteiger charge is -2.27. The zero-order valence-electron chi connectivity index (χ0n) is 11.0. The molecular formula is C14H16BrNO3. The smallest absolute Gasteiger partial charge is 0.235 e. The molecule has 0 atom stereocenters. The van der Waals surface area contributed by atoms with E-state index in [1.165, 1.54) is 0 Å². The molecule has 5 heteroatoms. The molecule has 0 N–H and O–H groups in total. The Morgan fingerprint density at radius 2 is 1.79 bits per heavy atom. The molecule has 1 aromatic rings. The third-order valence-electron chi connectivity index (χ3n) is 3.66. The monoisotopic (exact) mass is 325 g/mol. The third kappa shape index (κ3) is 2.40. The van der Waals surface area contributed by atoms with Crippen LogP contribution in [0.2, 0.25) is 0 Å². The van der Waals surface area contributed by atoms with Gasteiger partial charge < -0.3 is 9.47 Å². The Hall–Kier alpha value is -1.32. The Labute approximate surface area is 120 Å². The third-order valence-corrected chi connectivity index (χ3v) is 4.45. The summed E-state index contributed by atoms with van der Waals surface area (Å²) in [6.07, 6.45) is 5.45. The van der Waals surface area contributed by atoms with Gasteiger partial charge in [-0.3, -0.25) is 0 Å². The second kappa shape index (κ2) is 5.76. The Morgan fingerprint density at radius 1 is 1.21 bits per heavy atom. The predicted molar refractivity (Wildman–Crippen MR) is 75.5 cm³/mol. The van der Waals surface area contributed by atoms with Crippen LogP contribution in [0.25, 0.3) is 0 Å². The molecule has 19 heavy (non-hydrogen) atoms. The van der Waals surface area contributed by atoms with E-state index in [1.54, 1.807) is 20.3 Å². The zero-order chi connectivity index (χ0) is 13.9. The van der Waals surface area contributed by atoms with Crippen molar-refractivity contribution in [2.75, 3.05) is 14.2 Å². The van der Waals surface area contributed by atoms with Crippen LogP contribution in [0.1, 0.15) is 31.2 Å². The van der Waals surface area contributed by atoms with Crippen molar-refractivity contribution < 1.29 is 14.3 Å². The molecule has 0 unspecified atom stereocenters. The predicted octanol–water partition coefficient (Wildman–Crippen LogP) is 3.57. The minimum atomic E-state index is -0.541. The average Bonchev–Trinajstić information content (AvgIpc) is 2.88. The Balaban J connectivity index is 2.67. The van der Waals surface area contributed by atoms with Gasteiger partial charge in [0.2, 0.25) is 6.08 Å². The van der Waals surface area contributed by atoms with Crippen molar-refractivity contribution in [1.82, 2.24) is 0 Å². The molecule has 0 saturated heterocycles. The largest absolute Gasteiger partial charge is 0.496 e. The van der Waals surface area contributed by atoms with Crippen LogP contribution in [0, 0.1) is 0 Å². The molecule has 1 aromatic carbocycles. The van der Waals surface area contributed by atoms with E-state index < -0.39 is 5.54 Å². The molecule has 102 valence electrons. The second-order valence-corrected chi connectivity index (χ2v) is 5.39. The van der Waals surface area contributed by atoms with E-state index in [4.69, 9.17) is 9.47 Å². The van der Waals surface area contributed by atoms with E-state index in [1.807, 2.05) is 12.1 Å². The van der Waals surface area contributed by atoms with Gasteiger partial charge in [0.25, 0.3) is 0 Å². The highest BCUT2D eigenvalue weighted by Gasteiger charge is 2.40. The van der Waals surface area contributed by atoms with Gasteiger partial charge in [0.1, 0.15) is 17.0 Å². The van der Waals surface area contributed by atoms with Gasteiger partial charge in [0, 0.05) is 5.56 Å². The first-order valence-electron chi connectivity index (χ1n) is 6.18. The van der Waals surface area contributed by atoms with Crippen LogP contribution in [0.4, 0.5) is 0 Å². The average molecular weight is 326 g/mol. The topological polar surface area (TPSA) is 47.9 Å². The van der Waals surface area contributed by atoms with Crippen LogP contribution in [0.15, 0.2) is 21.6 Å². The Morgan fingerprint density at radius 3 is 2.32 bits per heavy atom. The molecule has 0 spiro atoms. The minimum Gasteiger partial charge on any atom is -0.496 e. The first-order valence-corrected chi connectivity index (χ1v) is 6.98. The summed E-state index contributed by atoms with van der Waals surface area (Å²) >= 11 is 3.55. The van der Waals surface area contributed by atoms with E-state index in [2.05, 4.69) is 20.9 Å². The fourth-order valence-corrected chi connectivity index (χ4v) is 3.62. The standard InChI is InChI=1S/C14H16BrNO3/c1-18-10-5-6-11(19-2)13(15)12(10)14(16-9-17)7-3-4-8-14/h5-6H,3-4,7-8H2,1-2H3. The van der Waals surface area contributed by atoms with E-state index in [-0.39, 0.29) is 0 Å². The summed E-state index contributed by atoms with van der Waals surface area (Å²) in [4.78, 5) is 14.9. The van der Waals surface area contributed by atoms with Gasteiger partial charge in [-0.1, -0.05) is 12.8 Å². The van der Waals surface area contributed by atoms with Crippen molar-refractivity contribution in [3.63, 3.8) is 0 Å². The van der Waals surface area contributed by atoms with Crippen LogP contribution in [0.3, 0.4) is 0 Å². The summed E-state index contributed by atoms with van der Waals surface area (Å²) in [5.74, 6) is 1.43. The fraction of sp³-hybridized carbons (Fsp3) is 0.500. The lowest BCUT2D eigenvalue weighted by atomic mass is 9.88. The highest BCUT2D eigenvalue weighted by Crippen LogP contribution is 2.50. The normalized spacial score (nSPS) is 16.8. The molecule has 0 heterocycles. The van der Waals surface area contributed by atoms with Crippen molar-refractivity contribution in [2.24, 2.45) is 4.99 Å². The summed E-state index contributed by atoms with van der Waals surface area (Å²) < 4.78 is 11.6. The maximum atomic E-state index is 10.8. The van der Waals surface area contributed by atoms with Crippen LogP contribution in [0.5, 0.6) is 11.5 Å². The molecule has 0 aromatic heterocycles. The number of hydrogen-bond donors (Lipinski definition) is 0. The molecule has 0 amide bonds. The number of benzene rings is 1. The second-order valence-electron chi connectivity index (χ2n) is 4.60. The van der Waals surface area contributed by atoms with Crippen molar-refractivity contribution in [3.05, 3.63) is 22.2 Å². The first kappa shape index (κ1) is 14.1. The molecule has 1 aliphatic carbocycles. The number of isocyanates is 1. The van der Waals surface area contributed by atoms with Gasteiger partial charge in [0.15, 0.2) is 0 Å². The maximum Gasteiger partial charge on any atom is 0.235 e. The quantitative estimate of drug-likeness (QED) is 0.628. The van der Waals surface area contributed by atoms with Crippen LogP contribution >= 0.6 is 15.9 Å². The van der Waals surface area contributed by atoms with Gasteiger partial charge >= 0.3 is 0 Å².